The number of anilines is 1. The molecule has 3 rings (SSSR count). The molecular weight excluding hydrogens is 360 g/mol. The Kier molecular flexibility index (Phi) is 5.40. The molecule has 1 N–H and O–H groups in total. The molecule has 3 aromatic rings. The van der Waals surface area contributed by atoms with Crippen molar-refractivity contribution in [3.05, 3.63) is 46.4 Å². The lowest BCUT2D eigenvalue weighted by Crippen LogP contribution is -2.13. The predicted octanol–water partition coefficient (Wildman–Crippen LogP) is 4.54. The summed E-state index contributed by atoms with van der Waals surface area (Å²) in [4.78, 5) is 16.8. The molecule has 0 aliphatic rings. The van der Waals surface area contributed by atoms with Crippen LogP contribution in [0.5, 0.6) is 11.5 Å². The van der Waals surface area contributed by atoms with E-state index in [4.69, 9.17) is 21.1 Å². The van der Waals surface area contributed by atoms with Crippen LogP contribution in [0.4, 0.5) is 5.69 Å². The van der Waals surface area contributed by atoms with Crippen molar-refractivity contribution >= 4 is 44.7 Å². The van der Waals surface area contributed by atoms with Gasteiger partial charge in [-0.15, -0.1) is 11.3 Å². The molecule has 1 amide bonds. The van der Waals surface area contributed by atoms with Gasteiger partial charge in [0.25, 0.3) is 0 Å². The molecule has 0 saturated carbocycles. The number of rotatable bonds is 6. The number of aromatic nitrogens is 1. The smallest absolute Gasteiger partial charge is 0.224 e. The van der Waals surface area contributed by atoms with Crippen LogP contribution in [0.25, 0.3) is 10.2 Å². The molecule has 25 heavy (non-hydrogen) atoms. The summed E-state index contributed by atoms with van der Waals surface area (Å²) in [7, 11) is 3.05. The Morgan fingerprint density at radius 3 is 2.68 bits per heavy atom. The molecule has 7 heteroatoms. The second kappa shape index (κ2) is 7.72. The minimum atomic E-state index is -0.126. The SMILES string of the molecule is COc1cc(OC)c(NC(=O)CCc2nc3ccccc3s2)cc1Cl. The number of benzene rings is 2. The topological polar surface area (TPSA) is 60.5 Å². The van der Waals surface area contributed by atoms with Crippen LogP contribution in [0.15, 0.2) is 36.4 Å². The Bertz CT molecular complexity index is 877. The van der Waals surface area contributed by atoms with E-state index < -0.39 is 0 Å². The molecule has 0 saturated heterocycles. The third kappa shape index (κ3) is 4.03. The van der Waals surface area contributed by atoms with E-state index in [-0.39, 0.29) is 5.91 Å². The maximum absolute atomic E-state index is 12.3. The fourth-order valence-electron chi connectivity index (χ4n) is 2.42. The first-order valence-electron chi connectivity index (χ1n) is 7.66. The zero-order valence-corrected chi connectivity index (χ0v) is 15.4. The van der Waals surface area contributed by atoms with E-state index in [1.807, 2.05) is 24.3 Å². The van der Waals surface area contributed by atoms with Gasteiger partial charge >= 0.3 is 0 Å². The number of amides is 1. The average Bonchev–Trinajstić information content (AvgIpc) is 3.03. The fraction of sp³-hybridized carbons (Fsp3) is 0.222. The minimum Gasteiger partial charge on any atom is -0.495 e. The van der Waals surface area contributed by atoms with Crippen LogP contribution >= 0.6 is 22.9 Å². The van der Waals surface area contributed by atoms with Crippen LogP contribution in [0.1, 0.15) is 11.4 Å². The normalized spacial score (nSPS) is 10.7. The number of carbonyl (C=O) groups is 1. The number of aryl methyl sites for hydroxylation is 1. The number of halogens is 1. The molecule has 2 aromatic carbocycles. The number of thiazole rings is 1. The van der Waals surface area contributed by atoms with Gasteiger partial charge in [0.1, 0.15) is 11.5 Å². The molecule has 0 atom stereocenters. The number of carbonyl (C=O) groups excluding carboxylic acids is 1. The zero-order chi connectivity index (χ0) is 17.8. The van der Waals surface area contributed by atoms with Crippen LogP contribution < -0.4 is 14.8 Å². The van der Waals surface area contributed by atoms with Crippen molar-refractivity contribution in [1.29, 1.82) is 0 Å². The zero-order valence-electron chi connectivity index (χ0n) is 13.8. The van der Waals surface area contributed by atoms with Crippen molar-refractivity contribution in [2.24, 2.45) is 0 Å². The maximum atomic E-state index is 12.3. The van der Waals surface area contributed by atoms with E-state index in [1.165, 1.54) is 14.2 Å². The summed E-state index contributed by atoms with van der Waals surface area (Å²) in [6, 6.07) is 11.2. The molecule has 0 bridgehead atoms. The van der Waals surface area contributed by atoms with Gasteiger partial charge in [0.2, 0.25) is 5.91 Å². The summed E-state index contributed by atoms with van der Waals surface area (Å²) in [5, 5.41) is 4.18. The Morgan fingerprint density at radius 1 is 1.20 bits per heavy atom. The highest BCUT2D eigenvalue weighted by Crippen LogP contribution is 2.36. The lowest BCUT2D eigenvalue weighted by Gasteiger charge is -2.12. The number of ether oxygens (including phenoxy) is 2. The van der Waals surface area contributed by atoms with Crippen LogP contribution in [0.2, 0.25) is 5.02 Å². The van der Waals surface area contributed by atoms with E-state index >= 15 is 0 Å². The quantitative estimate of drug-likeness (QED) is 0.686. The van der Waals surface area contributed by atoms with Crippen LogP contribution in [-0.2, 0) is 11.2 Å². The van der Waals surface area contributed by atoms with Crippen LogP contribution in [0.3, 0.4) is 0 Å². The van der Waals surface area contributed by atoms with E-state index in [0.29, 0.717) is 35.1 Å². The van der Waals surface area contributed by atoms with Crippen molar-refractivity contribution in [3.63, 3.8) is 0 Å². The molecule has 0 aliphatic carbocycles. The first-order chi connectivity index (χ1) is 12.1. The molecule has 0 spiro atoms. The Labute approximate surface area is 154 Å². The molecule has 0 aliphatic heterocycles. The third-order valence-corrected chi connectivity index (χ3v) is 5.04. The van der Waals surface area contributed by atoms with Gasteiger partial charge in [-0.2, -0.15) is 0 Å². The molecule has 1 aromatic heterocycles. The number of methoxy groups -OCH3 is 2. The minimum absolute atomic E-state index is 0.126. The number of nitrogens with one attached hydrogen (secondary N) is 1. The standard InChI is InChI=1S/C18H17ClN2O3S/c1-23-14-10-15(24-2)13(9-11(14)19)20-17(22)7-8-18-21-12-5-3-4-6-16(12)25-18/h3-6,9-10H,7-8H2,1-2H3,(H,20,22). The highest BCUT2D eigenvalue weighted by atomic mass is 35.5. The second-order valence-electron chi connectivity index (χ2n) is 5.31. The summed E-state index contributed by atoms with van der Waals surface area (Å²) >= 11 is 7.73. The summed E-state index contributed by atoms with van der Waals surface area (Å²) in [6.07, 6.45) is 0.907. The van der Waals surface area contributed by atoms with Crippen molar-refractivity contribution in [3.8, 4) is 11.5 Å². The maximum Gasteiger partial charge on any atom is 0.224 e. The first-order valence-corrected chi connectivity index (χ1v) is 8.86. The average molecular weight is 377 g/mol. The number of fused-ring (bicyclic) bond motifs is 1. The summed E-state index contributed by atoms with van der Waals surface area (Å²) in [5.41, 5.74) is 1.48. The Hall–Kier alpha value is -2.31. The van der Waals surface area contributed by atoms with Crippen LogP contribution in [-0.4, -0.2) is 25.1 Å². The van der Waals surface area contributed by atoms with Crippen LogP contribution in [0, 0.1) is 0 Å². The summed E-state index contributed by atoms with van der Waals surface area (Å²) in [5.74, 6) is 0.861. The van der Waals surface area contributed by atoms with E-state index in [2.05, 4.69) is 10.3 Å². The molecule has 130 valence electrons. The van der Waals surface area contributed by atoms with Gasteiger partial charge in [0.15, 0.2) is 0 Å². The molecule has 0 radical (unpaired) electrons. The van der Waals surface area contributed by atoms with Crippen molar-refractivity contribution < 1.29 is 14.3 Å². The second-order valence-corrected chi connectivity index (χ2v) is 6.83. The lowest BCUT2D eigenvalue weighted by atomic mass is 10.2. The monoisotopic (exact) mass is 376 g/mol. The lowest BCUT2D eigenvalue weighted by molar-refractivity contribution is -0.116. The number of nitrogens with zero attached hydrogens (tertiary/aromatic N) is 1. The van der Waals surface area contributed by atoms with Gasteiger partial charge in [-0.25, -0.2) is 4.98 Å². The third-order valence-electron chi connectivity index (χ3n) is 3.65. The van der Waals surface area contributed by atoms with E-state index in [0.717, 1.165) is 15.2 Å². The summed E-state index contributed by atoms with van der Waals surface area (Å²) < 4.78 is 11.6. The number of para-hydroxylation sites is 1. The van der Waals surface area contributed by atoms with Crippen molar-refractivity contribution in [2.45, 2.75) is 12.8 Å². The van der Waals surface area contributed by atoms with Crippen molar-refractivity contribution in [2.75, 3.05) is 19.5 Å². The predicted molar refractivity (Wildman–Crippen MR) is 101 cm³/mol. The Balaban J connectivity index is 1.67. The first kappa shape index (κ1) is 17.5. The molecule has 1 heterocycles. The van der Waals surface area contributed by atoms with E-state index in [1.54, 1.807) is 23.5 Å². The van der Waals surface area contributed by atoms with Gasteiger partial charge in [0.05, 0.1) is 40.2 Å². The molecular formula is C18H17ClN2O3S. The van der Waals surface area contributed by atoms with Crippen molar-refractivity contribution in [1.82, 2.24) is 4.98 Å². The van der Waals surface area contributed by atoms with E-state index in [9.17, 15) is 4.79 Å². The van der Waals surface area contributed by atoms with Gasteiger partial charge in [-0.05, 0) is 18.2 Å². The summed E-state index contributed by atoms with van der Waals surface area (Å²) in [6.45, 7) is 0. The number of hydrogen-bond acceptors (Lipinski definition) is 5. The highest BCUT2D eigenvalue weighted by Gasteiger charge is 2.13. The van der Waals surface area contributed by atoms with Gasteiger partial charge in [-0.3, -0.25) is 4.79 Å². The molecule has 5 nitrogen and oxygen atoms in total. The highest BCUT2D eigenvalue weighted by molar-refractivity contribution is 7.18. The molecule has 0 fully saturated rings. The largest absolute Gasteiger partial charge is 0.495 e. The van der Waals surface area contributed by atoms with Gasteiger partial charge in [0, 0.05) is 18.9 Å². The fourth-order valence-corrected chi connectivity index (χ4v) is 3.63. The molecule has 0 unspecified atom stereocenters. The number of hydrogen-bond donors (Lipinski definition) is 1. The Morgan fingerprint density at radius 2 is 1.96 bits per heavy atom. The van der Waals surface area contributed by atoms with Gasteiger partial charge in [-0.1, -0.05) is 23.7 Å². The van der Waals surface area contributed by atoms with Gasteiger partial charge < -0.3 is 14.8 Å².